The maximum absolute atomic E-state index is 12.1. The van der Waals surface area contributed by atoms with Crippen LogP contribution in [0.3, 0.4) is 0 Å². The number of rotatable bonds is 9. The summed E-state index contributed by atoms with van der Waals surface area (Å²) in [6, 6.07) is 42.0. The van der Waals surface area contributed by atoms with Crippen molar-refractivity contribution in [3.63, 3.8) is 0 Å². The molecule has 132 heavy (non-hydrogen) atoms. The van der Waals surface area contributed by atoms with E-state index in [1.54, 1.807) is 56.0 Å². The highest BCUT2D eigenvalue weighted by atomic mass is 79.9. The van der Waals surface area contributed by atoms with E-state index in [0.717, 1.165) is 185 Å². The Bertz CT molecular complexity index is 5320. The van der Waals surface area contributed by atoms with Gasteiger partial charge in [-0.15, -0.1) is 12.4 Å². The molecule has 7 aromatic carbocycles. The van der Waals surface area contributed by atoms with Crippen molar-refractivity contribution < 1.29 is 87.1 Å². The Balaban J connectivity index is 0.000000175. The quantitative estimate of drug-likeness (QED) is 0.0134. The number of ether oxygens (including phenoxy) is 9. The summed E-state index contributed by atoms with van der Waals surface area (Å²) in [4.78, 5) is 65.4. The predicted molar refractivity (Wildman–Crippen MR) is 524 cm³/mol. The van der Waals surface area contributed by atoms with Crippen molar-refractivity contribution in [2.75, 3.05) is 87.2 Å². The first-order valence-electron chi connectivity index (χ1n) is 43.4. The number of nitriles is 1. The Labute approximate surface area is 812 Å². The van der Waals surface area contributed by atoms with E-state index in [1.165, 1.54) is 36.2 Å². The molecule has 5 saturated heterocycles. The van der Waals surface area contributed by atoms with E-state index < -0.39 is 26.8 Å². The molecular formula is C95H114BBr4ClN12O18Si. The fourth-order valence-electron chi connectivity index (χ4n) is 16.2. The van der Waals surface area contributed by atoms with Crippen molar-refractivity contribution in [3.8, 4) is 46.1 Å². The lowest BCUT2D eigenvalue weighted by molar-refractivity contribution is -0.197. The van der Waals surface area contributed by atoms with Crippen molar-refractivity contribution in [2.45, 2.75) is 152 Å². The van der Waals surface area contributed by atoms with E-state index in [-0.39, 0.29) is 60.1 Å². The smallest absolute Gasteiger partial charge is 0.487 e. The van der Waals surface area contributed by atoms with Gasteiger partial charge in [-0.25, -0.2) is 45.0 Å². The average molecular weight is 2110 g/mol. The molecule has 11 aliphatic heterocycles. The lowest BCUT2D eigenvalue weighted by Gasteiger charge is -2.41. The van der Waals surface area contributed by atoms with Gasteiger partial charge in [0.1, 0.15) is 59.4 Å². The third-order valence-electron chi connectivity index (χ3n) is 22.7. The monoisotopic (exact) mass is 2100 g/mol. The normalized spacial score (nSPS) is 24.1. The highest BCUT2D eigenvalue weighted by molar-refractivity contribution is 9.11. The van der Waals surface area contributed by atoms with Gasteiger partial charge in [-0.1, -0.05) is 112 Å². The average Bonchev–Trinajstić information content (AvgIpc) is 1.55. The third-order valence-corrected chi connectivity index (χ3v) is 25.5. The number of carbonyl (C=O) groups excluding carboxylic acids is 3. The van der Waals surface area contributed by atoms with E-state index >= 15 is 0 Å². The van der Waals surface area contributed by atoms with Crippen LogP contribution < -0.4 is 41.4 Å². The molecule has 11 unspecified atom stereocenters. The number of carbonyl (C=O) groups is 3. The first-order valence-corrected chi connectivity index (χ1v) is 50.0. The van der Waals surface area contributed by atoms with Crippen LogP contribution in [0.5, 0.6) is 28.7 Å². The van der Waals surface area contributed by atoms with Gasteiger partial charge in [-0.3, -0.25) is 14.2 Å². The lowest BCUT2D eigenvalue weighted by Crippen LogP contribution is -2.44. The van der Waals surface area contributed by atoms with Gasteiger partial charge in [0.2, 0.25) is 29.6 Å². The number of aliphatic imine (C=N–C) groups is 3. The van der Waals surface area contributed by atoms with Gasteiger partial charge >= 0.3 is 7.12 Å². The summed E-state index contributed by atoms with van der Waals surface area (Å²) in [5.74, 6) is 7.99. The predicted octanol–water partition coefficient (Wildman–Crippen LogP) is 17.3. The van der Waals surface area contributed by atoms with Gasteiger partial charge in [0, 0.05) is 133 Å². The topological polar surface area (TPSA) is 386 Å². The highest BCUT2D eigenvalue weighted by Crippen LogP contribution is 2.51. The maximum Gasteiger partial charge on any atom is 0.487 e. The van der Waals surface area contributed by atoms with E-state index in [4.69, 9.17) is 108 Å². The van der Waals surface area contributed by atoms with Gasteiger partial charge in [0.15, 0.2) is 31.2 Å². The number of benzene rings is 7. The summed E-state index contributed by atoms with van der Waals surface area (Å²) in [7, 11) is 2.28. The molecule has 11 aliphatic rings. The number of hydrogen-bond donors (Lipinski definition) is 7. The summed E-state index contributed by atoms with van der Waals surface area (Å²) in [6.07, 6.45) is 15.9. The molecule has 11 heterocycles. The number of nitrogens with zero attached hydrogens (tertiary/aromatic N) is 9. The highest BCUT2D eigenvalue weighted by Gasteiger charge is 2.52. The minimum absolute atomic E-state index is 0. The van der Waals surface area contributed by atoms with E-state index in [0.29, 0.717) is 115 Å². The van der Waals surface area contributed by atoms with Crippen molar-refractivity contribution in [2.24, 2.45) is 60.7 Å². The molecule has 5 fully saturated rings. The molecule has 0 aromatic heterocycles. The summed E-state index contributed by atoms with van der Waals surface area (Å²) in [5.41, 5.74) is 19.9. The molecule has 9 N–H and O–H groups in total. The molecule has 0 saturated carbocycles. The Kier molecular flexibility index (Phi) is 41.9. The number of hydroxylamine groups is 5. The first-order chi connectivity index (χ1) is 62.9. The van der Waals surface area contributed by atoms with Crippen molar-refractivity contribution >= 4 is 150 Å². The van der Waals surface area contributed by atoms with Gasteiger partial charge < -0.3 is 79.3 Å². The lowest BCUT2D eigenvalue weighted by atomic mass is 9.80. The van der Waals surface area contributed by atoms with Crippen LogP contribution in [-0.2, 0) is 49.6 Å². The molecule has 0 aliphatic carbocycles. The zero-order chi connectivity index (χ0) is 94.4. The van der Waals surface area contributed by atoms with Gasteiger partial charge in [0.25, 0.3) is 0 Å². The van der Waals surface area contributed by atoms with Crippen molar-refractivity contribution in [1.29, 1.82) is 5.26 Å². The first kappa shape index (κ1) is 106. The Morgan fingerprint density at radius 1 is 0.606 bits per heavy atom. The molecule has 11 atom stereocenters. The van der Waals surface area contributed by atoms with Crippen LogP contribution in [0.4, 0.5) is 11.4 Å². The summed E-state index contributed by atoms with van der Waals surface area (Å²) < 4.78 is 59.9. The summed E-state index contributed by atoms with van der Waals surface area (Å²) in [5, 5.41) is 45.8. The summed E-state index contributed by atoms with van der Waals surface area (Å²) in [6.45, 7) is 32.8. The number of phenolic OH excluding ortho intramolecular Hbond substituents is 1. The zero-order valence-electron chi connectivity index (χ0n) is 74.9. The van der Waals surface area contributed by atoms with E-state index in [2.05, 4.69) is 120 Å². The number of nitrogens with one attached hydrogen (secondary N) is 1. The minimum atomic E-state index is -1.49. The number of aldehydes is 1. The Morgan fingerprint density at radius 3 is 1.45 bits per heavy atom. The maximum atomic E-state index is 12.1. The largest absolute Gasteiger partial charge is 0.507 e. The van der Waals surface area contributed by atoms with Gasteiger partial charge in [-0.2, -0.15) is 10.3 Å². The second-order valence-electron chi connectivity index (χ2n) is 33.5. The van der Waals surface area contributed by atoms with Gasteiger partial charge in [0.05, 0.1) is 74.1 Å². The van der Waals surface area contributed by atoms with E-state index in [1.807, 2.05) is 97.2 Å². The second-order valence-corrected chi connectivity index (χ2v) is 41.7. The van der Waals surface area contributed by atoms with Crippen LogP contribution >= 0.6 is 76.1 Å². The third kappa shape index (κ3) is 30.4. The van der Waals surface area contributed by atoms with Crippen LogP contribution in [-0.4, -0.2) is 199 Å². The standard InChI is InChI=1S/C23H24N4O3.C16H20BrN3O3.C15H15BrN2O2.C14H15BrO3.C8H7BrO2.C7H6BNO2.C6H10O2.C5H11NSi.CH5NO.ClH/c1-25-18-7-3-5-15(11-18)16-8-9-20-19(12-16)23(26-22(24)27(2)30-23)13-21(29-20)17-6-4-10-28-14-17;1-20-15(18)19-16(23-20)8-14(10-3-2-6-21-9-10)22-13-5-4-11(17)7-12(13)16;16-11-3-4-14-12(6-11)13(18-9-17)7-15(20-14)10-2-1-5-19-8-10;15-10-3-4-13-11(6-10)12(16)7-14(18-13)9-2-1-5-17-8-9;1-5(10)7-4-6(9)2-3-8(7)11;1-9-7-4-2-3-6(5-7)8(10)11;7-4-6-2-1-3-8-5-6;1-5-6-7(2,3)4;1-2-3;/h3,5,7-9,11-12,17,21H,4,6,10,13-14H2,2H3,(H2,24,26);4-5,7,10,14H,2-3,6,8-9H2,1H3,(H2,18,19);3-4,6,10,15H,1-2,5,7-8H2;3-4,6,9,14H,1-2,5,7-8H2;2-4,11H,1H3;2-5,10-11H;4,6H,1-3,5H2;1H2,2-4H3;2-3H,1H3;1H. The number of aromatic hydroxyl groups is 1. The molecule has 7 aromatic rings. The Hall–Kier alpha value is -9.27. The van der Waals surface area contributed by atoms with Crippen LogP contribution in [0.25, 0.3) is 20.8 Å². The van der Waals surface area contributed by atoms with Crippen LogP contribution in [0.15, 0.2) is 184 Å². The van der Waals surface area contributed by atoms with Crippen molar-refractivity contribution in [3.05, 3.63) is 215 Å². The number of fused-ring (bicyclic) bond motifs is 6. The summed E-state index contributed by atoms with van der Waals surface area (Å²) >= 11 is 13.5. The molecule has 37 heteroatoms. The zero-order valence-corrected chi connectivity index (χ0v) is 83.1. The molecule has 30 nitrogen and oxygen atoms in total. The molecule has 0 radical (unpaired) electrons. The second kappa shape index (κ2) is 52.0. The fraction of sp³-hybridized carbons (Fsp3) is 0.442. The number of phenols is 1. The van der Waals surface area contributed by atoms with Crippen LogP contribution in [0.1, 0.15) is 134 Å². The number of ketones is 2. The van der Waals surface area contributed by atoms with Gasteiger partial charge in [-0.05, 0) is 211 Å². The Morgan fingerprint density at radius 2 is 1.03 bits per heavy atom. The number of Topliss-reactive ketones (excluding diaryl/α,β-unsaturated/α-hetero) is 2. The number of hydrogen-bond acceptors (Lipinski definition) is 28. The fourth-order valence-corrected chi connectivity index (χ4v) is 18.1. The molecule has 0 amide bonds. The molecule has 2 spiro atoms. The molecule has 0 bridgehead atoms. The molecule has 18 rings (SSSR count). The van der Waals surface area contributed by atoms with Crippen LogP contribution in [0, 0.1) is 54.2 Å². The van der Waals surface area contributed by atoms with E-state index in [9.17, 15) is 14.4 Å². The number of nitrogens with two attached hydrogens (primary N) is 2. The number of halogens is 5. The SMILES string of the molecule is C=C=N[Si](C)(C)C.CC(=O)c1cc(Br)ccc1O.CN1OC2(CC(C3CCCOC3)Oc3ccc(Br)cc32)N=C1N.CNO.Cl.N#CN=C1CC(C2CCCOC2)Oc2ccc(Br)cc21.O=C1CC(C2CCCOC2)Oc2ccc(Br)cc21.O=CC1CCCOC1.[C-]#[N+]c1cccc(-c2ccc3c(c2)C2(CC(C4CCCOC4)O3)N=C(N)N(C)O2)c1.[C-]#[N+]c1cccc(B(O)O)c1. The molecule has 704 valence electrons. The number of guanidine groups is 2. The van der Waals surface area contributed by atoms with Crippen LogP contribution in [0.2, 0.25) is 19.6 Å². The minimum Gasteiger partial charge on any atom is -0.507 e. The molecular weight excluding hydrogens is 1990 g/mol. The van der Waals surface area contributed by atoms with Crippen molar-refractivity contribution in [1.82, 2.24) is 15.6 Å².